The lowest BCUT2D eigenvalue weighted by molar-refractivity contribution is 0.161. The van der Waals surface area contributed by atoms with Crippen LogP contribution in [0, 0.1) is 5.82 Å². The second kappa shape index (κ2) is 6.64. The van der Waals surface area contributed by atoms with Gasteiger partial charge < -0.3 is 5.32 Å². The molecule has 1 saturated heterocycles. The number of rotatable bonds is 4. The minimum Gasteiger partial charge on any atom is -0.314 e. The molecule has 1 heterocycles. The van der Waals surface area contributed by atoms with Crippen LogP contribution >= 0.6 is 15.9 Å². The molecule has 1 aromatic carbocycles. The van der Waals surface area contributed by atoms with E-state index in [0.717, 1.165) is 44.6 Å². The minimum atomic E-state index is -0.102. The van der Waals surface area contributed by atoms with Gasteiger partial charge in [0.15, 0.2) is 0 Å². The third-order valence-corrected chi connectivity index (χ3v) is 4.11. The molecule has 0 amide bonds. The van der Waals surface area contributed by atoms with Crippen molar-refractivity contribution in [2.24, 2.45) is 0 Å². The summed E-state index contributed by atoms with van der Waals surface area (Å²) in [6, 6.07) is 5.81. The van der Waals surface area contributed by atoms with Crippen molar-refractivity contribution in [2.75, 3.05) is 26.2 Å². The van der Waals surface area contributed by atoms with Crippen molar-refractivity contribution in [1.82, 2.24) is 10.2 Å². The van der Waals surface area contributed by atoms with E-state index in [4.69, 9.17) is 0 Å². The van der Waals surface area contributed by atoms with Crippen LogP contribution in [0.3, 0.4) is 0 Å². The van der Waals surface area contributed by atoms with E-state index in [1.54, 1.807) is 6.07 Å². The molecule has 100 valence electrons. The molecule has 1 N–H and O–H groups in total. The first-order valence-electron chi connectivity index (χ1n) is 6.62. The van der Waals surface area contributed by atoms with Crippen LogP contribution in [-0.2, 0) is 0 Å². The smallest absolute Gasteiger partial charge is 0.142 e. The Balaban J connectivity index is 2.25. The number of benzene rings is 1. The fourth-order valence-electron chi connectivity index (χ4n) is 2.58. The summed E-state index contributed by atoms with van der Waals surface area (Å²) in [7, 11) is 0. The molecule has 0 bridgehead atoms. The zero-order valence-corrected chi connectivity index (χ0v) is 12.3. The summed E-state index contributed by atoms with van der Waals surface area (Å²) in [6.45, 7) is 6.14. The van der Waals surface area contributed by atoms with E-state index >= 15 is 0 Å². The van der Waals surface area contributed by atoms with Crippen molar-refractivity contribution in [2.45, 2.75) is 25.8 Å². The summed E-state index contributed by atoms with van der Waals surface area (Å²) in [5.74, 6) is -0.102. The Morgan fingerprint density at radius 3 is 2.78 bits per heavy atom. The molecule has 1 aromatic rings. The lowest BCUT2D eigenvalue weighted by Gasteiger charge is -2.35. The molecule has 4 heteroatoms. The van der Waals surface area contributed by atoms with E-state index in [0.29, 0.717) is 4.47 Å². The standard InChI is InChI=1S/C14H20BrFN2/c1-2-4-13(18-9-7-17-8-10-18)11-5-3-6-12(15)14(11)16/h3,5-6,13,17H,2,4,7-10H2,1H3/t13-/m1/s1. The Bertz CT molecular complexity index is 391. The maximum absolute atomic E-state index is 14.2. The zero-order chi connectivity index (χ0) is 13.0. The summed E-state index contributed by atoms with van der Waals surface area (Å²) in [6.07, 6.45) is 2.08. The van der Waals surface area contributed by atoms with Crippen LogP contribution in [-0.4, -0.2) is 31.1 Å². The monoisotopic (exact) mass is 314 g/mol. The van der Waals surface area contributed by atoms with Gasteiger partial charge in [0, 0.05) is 37.8 Å². The van der Waals surface area contributed by atoms with Gasteiger partial charge in [-0.3, -0.25) is 4.90 Å². The summed E-state index contributed by atoms with van der Waals surface area (Å²) >= 11 is 3.28. The quantitative estimate of drug-likeness (QED) is 0.917. The topological polar surface area (TPSA) is 15.3 Å². The molecule has 1 atom stereocenters. The van der Waals surface area contributed by atoms with Crippen molar-refractivity contribution in [3.63, 3.8) is 0 Å². The lowest BCUT2D eigenvalue weighted by Crippen LogP contribution is -2.45. The highest BCUT2D eigenvalue weighted by Gasteiger charge is 2.24. The largest absolute Gasteiger partial charge is 0.314 e. The first-order chi connectivity index (χ1) is 8.74. The van der Waals surface area contributed by atoms with Crippen LogP contribution in [0.5, 0.6) is 0 Å². The van der Waals surface area contributed by atoms with E-state index in [1.807, 2.05) is 12.1 Å². The Labute approximate surface area is 117 Å². The third-order valence-electron chi connectivity index (χ3n) is 3.49. The van der Waals surface area contributed by atoms with Crippen LogP contribution in [0.4, 0.5) is 4.39 Å². The van der Waals surface area contributed by atoms with Gasteiger partial charge >= 0.3 is 0 Å². The molecule has 0 radical (unpaired) electrons. The summed E-state index contributed by atoms with van der Waals surface area (Å²) in [4.78, 5) is 2.39. The molecular weight excluding hydrogens is 295 g/mol. The minimum absolute atomic E-state index is 0.102. The summed E-state index contributed by atoms with van der Waals surface area (Å²) in [5, 5.41) is 3.34. The van der Waals surface area contributed by atoms with Gasteiger partial charge in [0.25, 0.3) is 0 Å². The van der Waals surface area contributed by atoms with Gasteiger partial charge in [0.2, 0.25) is 0 Å². The van der Waals surface area contributed by atoms with E-state index in [9.17, 15) is 4.39 Å². The molecule has 0 saturated carbocycles. The molecule has 0 unspecified atom stereocenters. The maximum Gasteiger partial charge on any atom is 0.142 e. The van der Waals surface area contributed by atoms with Crippen molar-refractivity contribution in [3.05, 3.63) is 34.1 Å². The summed E-state index contributed by atoms with van der Waals surface area (Å²) in [5.41, 5.74) is 0.827. The second-order valence-electron chi connectivity index (χ2n) is 4.73. The third kappa shape index (κ3) is 3.11. The predicted molar refractivity (Wildman–Crippen MR) is 76.2 cm³/mol. The SMILES string of the molecule is CCC[C@H](c1cccc(Br)c1F)N1CCNCC1. The average molecular weight is 315 g/mol. The Kier molecular flexibility index (Phi) is 5.15. The first-order valence-corrected chi connectivity index (χ1v) is 7.42. The number of nitrogens with one attached hydrogen (secondary N) is 1. The summed E-state index contributed by atoms with van der Waals surface area (Å²) < 4.78 is 14.8. The lowest BCUT2D eigenvalue weighted by atomic mass is 9.99. The molecular formula is C14H20BrFN2. The molecule has 2 rings (SSSR count). The second-order valence-corrected chi connectivity index (χ2v) is 5.59. The van der Waals surface area contributed by atoms with Crippen LogP contribution in [0.25, 0.3) is 0 Å². The normalized spacial score (nSPS) is 18.8. The van der Waals surface area contributed by atoms with Gasteiger partial charge in [0.1, 0.15) is 5.82 Å². The van der Waals surface area contributed by atoms with Gasteiger partial charge in [-0.25, -0.2) is 4.39 Å². The van der Waals surface area contributed by atoms with Gasteiger partial charge in [-0.2, -0.15) is 0 Å². The molecule has 1 aliphatic heterocycles. The molecule has 0 spiro atoms. The van der Waals surface area contributed by atoms with Gasteiger partial charge in [0.05, 0.1) is 4.47 Å². The Morgan fingerprint density at radius 1 is 1.39 bits per heavy atom. The molecule has 18 heavy (non-hydrogen) atoms. The van der Waals surface area contributed by atoms with E-state index in [-0.39, 0.29) is 11.9 Å². The van der Waals surface area contributed by atoms with E-state index < -0.39 is 0 Å². The Hall–Kier alpha value is -0.450. The molecule has 2 nitrogen and oxygen atoms in total. The molecule has 1 aliphatic rings. The zero-order valence-electron chi connectivity index (χ0n) is 10.8. The van der Waals surface area contributed by atoms with E-state index in [2.05, 4.69) is 33.1 Å². The molecule has 0 aromatic heterocycles. The highest BCUT2D eigenvalue weighted by Crippen LogP contribution is 2.31. The molecule has 0 aliphatic carbocycles. The van der Waals surface area contributed by atoms with Gasteiger partial charge in [-0.15, -0.1) is 0 Å². The van der Waals surface area contributed by atoms with Crippen molar-refractivity contribution in [1.29, 1.82) is 0 Å². The van der Waals surface area contributed by atoms with Crippen LogP contribution in [0.1, 0.15) is 31.4 Å². The average Bonchev–Trinajstić information content (AvgIpc) is 2.41. The van der Waals surface area contributed by atoms with E-state index in [1.165, 1.54) is 0 Å². The fourth-order valence-corrected chi connectivity index (χ4v) is 2.96. The number of hydrogen-bond donors (Lipinski definition) is 1. The van der Waals surface area contributed by atoms with Crippen molar-refractivity contribution >= 4 is 15.9 Å². The fraction of sp³-hybridized carbons (Fsp3) is 0.571. The number of piperazine rings is 1. The molecule has 1 fully saturated rings. The highest BCUT2D eigenvalue weighted by atomic mass is 79.9. The van der Waals surface area contributed by atoms with Crippen molar-refractivity contribution in [3.8, 4) is 0 Å². The number of hydrogen-bond acceptors (Lipinski definition) is 2. The van der Waals surface area contributed by atoms with Crippen molar-refractivity contribution < 1.29 is 4.39 Å². The number of halogens is 2. The first kappa shape index (κ1) is 14.0. The number of nitrogens with zero attached hydrogens (tertiary/aromatic N) is 1. The van der Waals surface area contributed by atoms with Crippen LogP contribution in [0.2, 0.25) is 0 Å². The van der Waals surface area contributed by atoms with Crippen LogP contribution in [0.15, 0.2) is 22.7 Å². The highest BCUT2D eigenvalue weighted by molar-refractivity contribution is 9.10. The Morgan fingerprint density at radius 2 is 2.11 bits per heavy atom. The van der Waals surface area contributed by atoms with Gasteiger partial charge in [-0.1, -0.05) is 25.5 Å². The maximum atomic E-state index is 14.2. The predicted octanol–water partition coefficient (Wildman–Crippen LogP) is 3.33. The van der Waals surface area contributed by atoms with Crippen LogP contribution < -0.4 is 5.32 Å². The van der Waals surface area contributed by atoms with Gasteiger partial charge in [-0.05, 0) is 28.4 Å².